The first-order chi connectivity index (χ1) is 4.29. The van der Waals surface area contributed by atoms with E-state index in [9.17, 15) is 5.11 Å². The fourth-order valence-corrected chi connectivity index (χ4v) is 3.43. The van der Waals surface area contributed by atoms with E-state index in [4.69, 9.17) is 0 Å². The zero-order valence-electron chi connectivity index (χ0n) is 5.26. The maximum Gasteiger partial charge on any atom is 0.0688 e. The van der Waals surface area contributed by atoms with Gasteiger partial charge in [0.25, 0.3) is 0 Å². The van der Waals surface area contributed by atoms with Crippen LogP contribution in [-0.4, -0.2) is 15.1 Å². The Labute approximate surface area is 69.0 Å². The normalized spacial score (nSPS) is 56.7. The van der Waals surface area contributed by atoms with Gasteiger partial charge in [-0.1, -0.05) is 22.6 Å². The molecule has 2 saturated carbocycles. The van der Waals surface area contributed by atoms with Gasteiger partial charge in [0.2, 0.25) is 0 Å². The Balaban J connectivity index is 2.15. The van der Waals surface area contributed by atoms with Crippen LogP contribution in [0.25, 0.3) is 0 Å². The summed E-state index contributed by atoms with van der Waals surface area (Å²) in [6.45, 7) is 0. The van der Waals surface area contributed by atoms with Gasteiger partial charge in [0.1, 0.15) is 0 Å². The molecule has 2 fully saturated rings. The van der Waals surface area contributed by atoms with Crippen LogP contribution >= 0.6 is 22.6 Å². The summed E-state index contributed by atoms with van der Waals surface area (Å²) in [6.07, 6.45) is 3.99. The molecule has 0 unspecified atom stereocenters. The molecule has 1 nitrogen and oxygen atoms in total. The van der Waals surface area contributed by atoms with Crippen molar-refractivity contribution in [1.29, 1.82) is 0 Å². The molecule has 0 amide bonds. The van der Waals surface area contributed by atoms with Crippen molar-refractivity contribution in [3.8, 4) is 0 Å². The average Bonchev–Trinajstić information content (AvgIpc) is 2.37. The quantitative estimate of drug-likeness (QED) is 0.501. The van der Waals surface area contributed by atoms with Gasteiger partial charge in [0.05, 0.1) is 6.10 Å². The molecule has 0 heterocycles. The number of hydrogen-bond donors (Lipinski definition) is 1. The molecule has 52 valence electrons. The molecule has 2 heteroatoms. The lowest BCUT2D eigenvalue weighted by atomic mass is 9.98. The van der Waals surface area contributed by atoms with Gasteiger partial charge < -0.3 is 5.11 Å². The summed E-state index contributed by atoms with van der Waals surface area (Å²) in [6, 6.07) is 0. The topological polar surface area (TPSA) is 20.2 Å². The van der Waals surface area contributed by atoms with Crippen LogP contribution in [0, 0.1) is 11.8 Å². The highest BCUT2D eigenvalue weighted by Gasteiger charge is 2.45. The lowest BCUT2D eigenvalue weighted by Crippen LogP contribution is -2.26. The highest BCUT2D eigenvalue weighted by Crippen LogP contribution is 2.47. The first-order valence-electron chi connectivity index (χ1n) is 3.61. The lowest BCUT2D eigenvalue weighted by Gasteiger charge is -2.21. The molecule has 2 rings (SSSR count). The van der Waals surface area contributed by atoms with E-state index in [1.54, 1.807) is 0 Å². The number of rotatable bonds is 0. The summed E-state index contributed by atoms with van der Waals surface area (Å²) in [7, 11) is 0. The van der Waals surface area contributed by atoms with Crippen LogP contribution in [0.2, 0.25) is 0 Å². The second kappa shape index (κ2) is 2.09. The van der Waals surface area contributed by atoms with Gasteiger partial charge in [-0.05, 0) is 31.1 Å². The minimum Gasteiger partial charge on any atom is -0.392 e. The van der Waals surface area contributed by atoms with Crippen molar-refractivity contribution in [1.82, 2.24) is 0 Å². The number of halogens is 1. The molecule has 0 saturated heterocycles. The zero-order chi connectivity index (χ0) is 6.43. The van der Waals surface area contributed by atoms with Crippen LogP contribution in [0.4, 0.5) is 0 Å². The van der Waals surface area contributed by atoms with E-state index in [-0.39, 0.29) is 6.10 Å². The monoisotopic (exact) mass is 238 g/mol. The Hall–Kier alpha value is 0.690. The molecule has 2 aliphatic carbocycles. The second-order valence-electron chi connectivity index (χ2n) is 3.27. The molecular weight excluding hydrogens is 227 g/mol. The number of fused-ring (bicyclic) bond motifs is 2. The molecule has 0 aromatic heterocycles. The number of alkyl halides is 1. The highest BCUT2D eigenvalue weighted by atomic mass is 127. The Kier molecular flexibility index (Phi) is 1.49. The van der Waals surface area contributed by atoms with Crippen molar-refractivity contribution in [2.24, 2.45) is 11.8 Å². The highest BCUT2D eigenvalue weighted by molar-refractivity contribution is 14.1. The fourth-order valence-electron chi connectivity index (χ4n) is 2.19. The first-order valence-corrected chi connectivity index (χ1v) is 4.86. The molecule has 9 heavy (non-hydrogen) atoms. The van der Waals surface area contributed by atoms with E-state index in [0.717, 1.165) is 5.92 Å². The predicted octanol–water partition coefficient (Wildman–Crippen LogP) is 1.58. The molecule has 2 aliphatic rings. The van der Waals surface area contributed by atoms with Gasteiger partial charge in [0.15, 0.2) is 0 Å². The summed E-state index contributed by atoms with van der Waals surface area (Å²) < 4.78 is 0.571. The largest absolute Gasteiger partial charge is 0.392 e. The summed E-state index contributed by atoms with van der Waals surface area (Å²) in [5, 5.41) is 9.48. The van der Waals surface area contributed by atoms with Gasteiger partial charge in [-0.15, -0.1) is 0 Å². The fraction of sp³-hybridized carbons (Fsp3) is 1.00. The van der Waals surface area contributed by atoms with Gasteiger partial charge in [-0.25, -0.2) is 0 Å². The maximum atomic E-state index is 9.48. The Morgan fingerprint density at radius 3 is 2.22 bits per heavy atom. The molecule has 2 bridgehead atoms. The number of aliphatic hydroxyl groups is 1. The van der Waals surface area contributed by atoms with Crippen LogP contribution in [0.3, 0.4) is 0 Å². The van der Waals surface area contributed by atoms with Crippen LogP contribution in [0.5, 0.6) is 0 Å². The summed E-state index contributed by atoms with van der Waals surface area (Å²) in [5.74, 6) is 1.52. The molecule has 4 atom stereocenters. The number of hydrogen-bond acceptors (Lipinski definition) is 1. The average molecular weight is 238 g/mol. The second-order valence-corrected chi connectivity index (χ2v) is 4.71. The van der Waals surface area contributed by atoms with E-state index in [1.165, 1.54) is 19.3 Å². The number of aliphatic hydroxyl groups excluding tert-OH is 1. The lowest BCUT2D eigenvalue weighted by molar-refractivity contribution is 0.124. The van der Waals surface area contributed by atoms with Crippen molar-refractivity contribution < 1.29 is 5.11 Å². The van der Waals surface area contributed by atoms with Crippen molar-refractivity contribution >= 4 is 22.6 Å². The molecule has 0 spiro atoms. The molecule has 0 radical (unpaired) electrons. The van der Waals surface area contributed by atoms with Crippen molar-refractivity contribution in [2.45, 2.75) is 29.3 Å². The van der Waals surface area contributed by atoms with E-state index in [2.05, 4.69) is 22.6 Å². The van der Waals surface area contributed by atoms with E-state index in [1.807, 2.05) is 0 Å². The SMILES string of the molecule is O[C@H]1[C@@H]2CC[C@@H](C2)[C@@H]1I. The van der Waals surface area contributed by atoms with E-state index in [0.29, 0.717) is 9.84 Å². The Morgan fingerprint density at radius 1 is 1.22 bits per heavy atom. The van der Waals surface area contributed by atoms with Crippen molar-refractivity contribution in [3.05, 3.63) is 0 Å². The smallest absolute Gasteiger partial charge is 0.0688 e. The van der Waals surface area contributed by atoms with Crippen LogP contribution in [0.1, 0.15) is 19.3 Å². The van der Waals surface area contributed by atoms with Gasteiger partial charge in [-0.2, -0.15) is 0 Å². The standard InChI is InChI=1S/C7H11IO/c8-6-4-1-2-5(3-4)7(6)9/h4-7,9H,1-3H2/t4-,5+,6-,7-/m0/s1. The maximum absolute atomic E-state index is 9.48. The van der Waals surface area contributed by atoms with E-state index >= 15 is 0 Å². The molecule has 0 aromatic carbocycles. The van der Waals surface area contributed by atoms with Crippen molar-refractivity contribution in [2.75, 3.05) is 0 Å². The summed E-state index contributed by atoms with van der Waals surface area (Å²) in [5.41, 5.74) is 0. The molecule has 1 N–H and O–H groups in total. The first kappa shape index (κ1) is 6.40. The predicted molar refractivity (Wildman–Crippen MR) is 44.6 cm³/mol. The third-order valence-corrected chi connectivity index (χ3v) is 4.53. The van der Waals surface area contributed by atoms with Crippen LogP contribution in [-0.2, 0) is 0 Å². The van der Waals surface area contributed by atoms with Crippen LogP contribution < -0.4 is 0 Å². The minimum atomic E-state index is 0.0318. The van der Waals surface area contributed by atoms with Crippen molar-refractivity contribution in [3.63, 3.8) is 0 Å². The van der Waals surface area contributed by atoms with E-state index < -0.39 is 0 Å². The molecule has 0 aromatic rings. The Morgan fingerprint density at radius 2 is 1.89 bits per heavy atom. The minimum absolute atomic E-state index is 0.0318. The van der Waals surface area contributed by atoms with Gasteiger partial charge >= 0.3 is 0 Å². The third-order valence-electron chi connectivity index (χ3n) is 2.77. The Bertz CT molecular complexity index is 108. The van der Waals surface area contributed by atoms with Gasteiger partial charge in [0, 0.05) is 3.92 Å². The molecule has 0 aliphatic heterocycles. The van der Waals surface area contributed by atoms with Crippen LogP contribution in [0.15, 0.2) is 0 Å². The molecular formula is C7H11IO. The van der Waals surface area contributed by atoms with Gasteiger partial charge in [-0.3, -0.25) is 0 Å². The third kappa shape index (κ3) is 0.827. The summed E-state index contributed by atoms with van der Waals surface area (Å²) >= 11 is 2.40. The zero-order valence-corrected chi connectivity index (χ0v) is 7.41. The summed E-state index contributed by atoms with van der Waals surface area (Å²) in [4.78, 5) is 0.